The van der Waals surface area contributed by atoms with Gasteiger partial charge in [-0.25, -0.2) is 0 Å². The summed E-state index contributed by atoms with van der Waals surface area (Å²) in [5.74, 6) is 0.427. The normalized spacial score (nSPS) is 21.3. The summed E-state index contributed by atoms with van der Waals surface area (Å²) in [5, 5.41) is 17.8. The molecule has 0 amide bonds. The summed E-state index contributed by atoms with van der Waals surface area (Å²) < 4.78 is 0. The van der Waals surface area contributed by atoms with Crippen molar-refractivity contribution in [2.24, 2.45) is 5.92 Å². The van der Waals surface area contributed by atoms with Crippen LogP contribution in [-0.4, -0.2) is 12.1 Å². The maximum Gasteiger partial charge on any atom is 0.0992 e. The Morgan fingerprint density at radius 3 is 2.83 bits per heavy atom. The maximum absolute atomic E-state index is 8.96. The lowest BCUT2D eigenvalue weighted by molar-refractivity contribution is 0.476. The topological polar surface area (TPSA) is 50.8 Å². The summed E-state index contributed by atoms with van der Waals surface area (Å²) in [5.41, 5.74) is 1.82. The Bertz CT molecular complexity index is 519. The molecule has 2 rings (SSSR count). The van der Waals surface area contributed by atoms with Crippen LogP contribution >= 0.6 is 0 Å². The summed E-state index contributed by atoms with van der Waals surface area (Å²) in [7, 11) is 0. The predicted octanol–water partition coefficient (Wildman–Crippen LogP) is 3.08. The molecule has 0 radical (unpaired) electrons. The summed E-state index contributed by atoms with van der Waals surface area (Å²) in [6.45, 7) is 5.29. The van der Waals surface area contributed by atoms with Crippen molar-refractivity contribution in [1.29, 1.82) is 10.5 Å². The van der Waals surface area contributed by atoms with Crippen molar-refractivity contribution >= 4 is 5.69 Å². The first kappa shape index (κ1) is 12.5. The second kappa shape index (κ2) is 4.70. The first-order valence-electron chi connectivity index (χ1n) is 6.21. The van der Waals surface area contributed by atoms with E-state index in [9.17, 15) is 0 Å². The highest BCUT2D eigenvalue weighted by Gasteiger charge is 2.38. The van der Waals surface area contributed by atoms with Crippen molar-refractivity contribution < 1.29 is 0 Å². The van der Waals surface area contributed by atoms with Gasteiger partial charge in [-0.1, -0.05) is 6.07 Å². The predicted molar refractivity (Wildman–Crippen MR) is 70.9 cm³/mol. The van der Waals surface area contributed by atoms with Crippen LogP contribution in [-0.2, 0) is 0 Å². The third-order valence-electron chi connectivity index (χ3n) is 3.63. The molecule has 0 spiro atoms. The maximum atomic E-state index is 8.96. The Labute approximate surface area is 108 Å². The molecule has 3 heteroatoms. The van der Waals surface area contributed by atoms with E-state index in [1.54, 1.807) is 0 Å². The smallest absolute Gasteiger partial charge is 0.0992 e. The minimum absolute atomic E-state index is 0.0512. The van der Waals surface area contributed by atoms with Crippen LogP contribution in [0.1, 0.15) is 32.3 Å². The van der Waals surface area contributed by atoms with Gasteiger partial charge in [0.25, 0.3) is 0 Å². The summed E-state index contributed by atoms with van der Waals surface area (Å²) in [6.07, 6.45) is 1.63. The monoisotopic (exact) mass is 239 g/mol. The SMILES string of the molecule is CC1(C)CC(CC#N)CN1c1cccc(C#N)c1. The number of hydrogen-bond donors (Lipinski definition) is 0. The molecule has 1 aliphatic rings. The second-order valence-electron chi connectivity index (χ2n) is 5.52. The molecule has 1 aliphatic heterocycles. The van der Waals surface area contributed by atoms with Gasteiger partial charge in [0.1, 0.15) is 0 Å². The molecule has 1 atom stereocenters. The zero-order valence-corrected chi connectivity index (χ0v) is 10.8. The van der Waals surface area contributed by atoms with E-state index in [0.717, 1.165) is 18.7 Å². The van der Waals surface area contributed by atoms with E-state index < -0.39 is 0 Å². The molecule has 0 N–H and O–H groups in total. The molecule has 1 fully saturated rings. The zero-order chi connectivity index (χ0) is 13.2. The van der Waals surface area contributed by atoms with Crippen molar-refractivity contribution in [2.75, 3.05) is 11.4 Å². The van der Waals surface area contributed by atoms with E-state index in [0.29, 0.717) is 17.9 Å². The standard InChI is InChI=1S/C15H17N3/c1-15(2)9-13(6-7-16)11-18(15)14-5-3-4-12(8-14)10-17/h3-5,8,13H,6,9,11H2,1-2H3. The second-order valence-corrected chi connectivity index (χ2v) is 5.52. The van der Waals surface area contributed by atoms with Crippen LogP contribution in [0.4, 0.5) is 5.69 Å². The molecule has 0 bridgehead atoms. The van der Waals surface area contributed by atoms with Crippen molar-refractivity contribution in [2.45, 2.75) is 32.2 Å². The van der Waals surface area contributed by atoms with Gasteiger partial charge in [0.2, 0.25) is 0 Å². The lowest BCUT2D eigenvalue weighted by atomic mass is 9.94. The highest BCUT2D eigenvalue weighted by atomic mass is 15.2. The number of nitriles is 2. The first-order chi connectivity index (χ1) is 8.56. The highest BCUT2D eigenvalue weighted by molar-refractivity contribution is 5.54. The number of hydrogen-bond acceptors (Lipinski definition) is 3. The molecule has 3 nitrogen and oxygen atoms in total. The largest absolute Gasteiger partial charge is 0.366 e. The van der Waals surface area contributed by atoms with E-state index in [1.165, 1.54) is 0 Å². The third kappa shape index (κ3) is 2.31. The molecule has 0 aliphatic carbocycles. The molecule has 18 heavy (non-hydrogen) atoms. The minimum atomic E-state index is 0.0512. The Balaban J connectivity index is 2.27. The van der Waals surface area contributed by atoms with Gasteiger partial charge in [-0.2, -0.15) is 10.5 Å². The average Bonchev–Trinajstić information content (AvgIpc) is 2.65. The molecular weight excluding hydrogens is 222 g/mol. The number of rotatable bonds is 2. The fourth-order valence-corrected chi connectivity index (χ4v) is 2.85. The molecule has 1 saturated heterocycles. The zero-order valence-electron chi connectivity index (χ0n) is 10.8. The number of nitrogens with zero attached hydrogens (tertiary/aromatic N) is 3. The first-order valence-corrected chi connectivity index (χ1v) is 6.21. The molecular formula is C15H17N3. The van der Waals surface area contributed by atoms with Crippen LogP contribution < -0.4 is 4.90 Å². The van der Waals surface area contributed by atoms with Gasteiger partial charge in [-0.3, -0.25) is 0 Å². The third-order valence-corrected chi connectivity index (χ3v) is 3.63. The minimum Gasteiger partial charge on any atom is -0.366 e. The van der Waals surface area contributed by atoms with E-state index >= 15 is 0 Å². The van der Waals surface area contributed by atoms with Crippen LogP contribution in [0.15, 0.2) is 24.3 Å². The molecule has 1 aromatic rings. The van der Waals surface area contributed by atoms with E-state index in [-0.39, 0.29) is 5.54 Å². The van der Waals surface area contributed by atoms with Crippen LogP contribution in [0.25, 0.3) is 0 Å². The average molecular weight is 239 g/mol. The fraction of sp³-hybridized carbons (Fsp3) is 0.467. The lowest BCUT2D eigenvalue weighted by Gasteiger charge is -2.33. The summed E-state index contributed by atoms with van der Waals surface area (Å²) >= 11 is 0. The van der Waals surface area contributed by atoms with Gasteiger partial charge < -0.3 is 4.90 Å². The Morgan fingerprint density at radius 1 is 1.39 bits per heavy atom. The molecule has 92 valence electrons. The van der Waals surface area contributed by atoms with Crippen LogP contribution in [0.2, 0.25) is 0 Å². The van der Waals surface area contributed by atoms with Gasteiger partial charge in [0.05, 0.1) is 17.7 Å². The summed E-state index contributed by atoms with van der Waals surface area (Å²) in [6, 6.07) is 12.1. The van der Waals surface area contributed by atoms with E-state index in [4.69, 9.17) is 10.5 Å². The highest BCUT2D eigenvalue weighted by Crippen LogP contribution is 2.38. The van der Waals surface area contributed by atoms with Crippen molar-refractivity contribution in [3.63, 3.8) is 0 Å². The van der Waals surface area contributed by atoms with Gasteiger partial charge >= 0.3 is 0 Å². The van der Waals surface area contributed by atoms with Gasteiger partial charge in [-0.05, 0) is 44.4 Å². The Kier molecular flexibility index (Phi) is 3.26. The molecule has 0 saturated carbocycles. The Hall–Kier alpha value is -2.00. The van der Waals surface area contributed by atoms with E-state index in [2.05, 4.69) is 30.9 Å². The van der Waals surface area contributed by atoms with Gasteiger partial charge in [0.15, 0.2) is 0 Å². The molecule has 0 aromatic heterocycles. The van der Waals surface area contributed by atoms with Crippen molar-refractivity contribution in [3.8, 4) is 12.1 Å². The van der Waals surface area contributed by atoms with Gasteiger partial charge in [0, 0.05) is 24.2 Å². The molecule has 1 heterocycles. The lowest BCUT2D eigenvalue weighted by Crippen LogP contribution is -2.38. The van der Waals surface area contributed by atoms with Gasteiger partial charge in [-0.15, -0.1) is 0 Å². The molecule has 1 aromatic carbocycles. The van der Waals surface area contributed by atoms with Crippen LogP contribution in [0, 0.1) is 28.6 Å². The fourth-order valence-electron chi connectivity index (χ4n) is 2.85. The molecule has 1 unspecified atom stereocenters. The van der Waals surface area contributed by atoms with E-state index in [1.807, 2.05) is 24.3 Å². The number of anilines is 1. The van der Waals surface area contributed by atoms with Crippen LogP contribution in [0.3, 0.4) is 0 Å². The van der Waals surface area contributed by atoms with Crippen LogP contribution in [0.5, 0.6) is 0 Å². The number of benzene rings is 1. The van der Waals surface area contributed by atoms with Crippen molar-refractivity contribution in [1.82, 2.24) is 0 Å². The summed E-state index contributed by atoms with van der Waals surface area (Å²) in [4.78, 5) is 2.32. The quantitative estimate of drug-likeness (QED) is 0.797. The van der Waals surface area contributed by atoms with Crippen molar-refractivity contribution in [3.05, 3.63) is 29.8 Å². The Morgan fingerprint density at radius 2 is 2.17 bits per heavy atom.